The van der Waals surface area contributed by atoms with Crippen LogP contribution in [0.3, 0.4) is 0 Å². The van der Waals surface area contributed by atoms with Gasteiger partial charge in [-0.15, -0.1) is 0 Å². The molecular weight excluding hydrogens is 437 g/mol. The lowest BCUT2D eigenvalue weighted by Crippen LogP contribution is -2.63. The molecule has 0 spiro atoms. The van der Waals surface area contributed by atoms with Crippen LogP contribution in [0.4, 0.5) is 0 Å². The fraction of sp³-hybridized carbons (Fsp3) is 0.522. The van der Waals surface area contributed by atoms with Crippen LogP contribution in [0.2, 0.25) is 0 Å². The SMILES string of the molecule is CC(C)CC(NC(=O)C(Cc1ccccc1)NC(O)c1cnccn1)B1OCC(N)(CO)CO1. The highest BCUT2D eigenvalue weighted by molar-refractivity contribution is 6.47. The molecule has 3 unspecified atom stereocenters. The molecule has 1 aliphatic heterocycles. The number of aliphatic hydroxyl groups excluding tert-OH is 2. The Morgan fingerprint density at radius 2 is 1.94 bits per heavy atom. The predicted molar refractivity (Wildman–Crippen MR) is 127 cm³/mol. The summed E-state index contributed by atoms with van der Waals surface area (Å²) in [5, 5.41) is 26.1. The van der Waals surface area contributed by atoms with Crippen molar-refractivity contribution in [2.75, 3.05) is 19.8 Å². The number of amides is 1. The zero-order valence-corrected chi connectivity index (χ0v) is 19.6. The minimum atomic E-state index is -1.18. The molecule has 6 N–H and O–H groups in total. The number of benzene rings is 1. The summed E-state index contributed by atoms with van der Waals surface area (Å²) in [7, 11) is -0.697. The van der Waals surface area contributed by atoms with Crippen LogP contribution in [0, 0.1) is 5.92 Å². The molecule has 1 aliphatic rings. The van der Waals surface area contributed by atoms with Crippen molar-refractivity contribution in [3.05, 3.63) is 60.2 Å². The largest absolute Gasteiger partial charge is 0.481 e. The molecule has 0 saturated carbocycles. The summed E-state index contributed by atoms with van der Waals surface area (Å²) in [6.45, 7) is 4.07. The molecule has 11 heteroatoms. The molecule has 34 heavy (non-hydrogen) atoms. The smallest absolute Gasteiger partial charge is 0.408 e. The van der Waals surface area contributed by atoms with Gasteiger partial charge in [0.05, 0.1) is 43.5 Å². The average Bonchev–Trinajstić information content (AvgIpc) is 2.84. The van der Waals surface area contributed by atoms with Gasteiger partial charge >= 0.3 is 7.12 Å². The molecule has 2 heterocycles. The maximum atomic E-state index is 13.4. The summed E-state index contributed by atoms with van der Waals surface area (Å²) in [4.78, 5) is 21.5. The first-order chi connectivity index (χ1) is 16.3. The van der Waals surface area contributed by atoms with Gasteiger partial charge in [-0.05, 0) is 24.3 Å². The number of nitrogens with two attached hydrogens (primary N) is 1. The van der Waals surface area contributed by atoms with E-state index >= 15 is 0 Å². The van der Waals surface area contributed by atoms with Gasteiger partial charge in [0, 0.05) is 12.4 Å². The van der Waals surface area contributed by atoms with Gasteiger partial charge in [-0.2, -0.15) is 0 Å². The van der Waals surface area contributed by atoms with E-state index in [1.165, 1.54) is 18.6 Å². The zero-order chi connectivity index (χ0) is 24.6. The number of aliphatic hydroxyl groups is 2. The third-order valence-corrected chi connectivity index (χ3v) is 5.59. The normalized spacial score (nSPS) is 18.4. The number of carbonyl (C=O) groups excluding carboxylic acids is 1. The van der Waals surface area contributed by atoms with Gasteiger partial charge in [-0.25, -0.2) is 0 Å². The number of hydrogen-bond acceptors (Lipinski definition) is 9. The van der Waals surface area contributed by atoms with Gasteiger partial charge in [0.25, 0.3) is 0 Å². The van der Waals surface area contributed by atoms with Crippen LogP contribution in [0.5, 0.6) is 0 Å². The molecule has 1 fully saturated rings. The monoisotopic (exact) mass is 471 g/mol. The third-order valence-electron chi connectivity index (χ3n) is 5.59. The Morgan fingerprint density at radius 3 is 2.53 bits per heavy atom. The maximum absolute atomic E-state index is 13.4. The van der Waals surface area contributed by atoms with Crippen LogP contribution in [-0.4, -0.2) is 70.5 Å². The van der Waals surface area contributed by atoms with E-state index in [-0.39, 0.29) is 31.6 Å². The van der Waals surface area contributed by atoms with E-state index in [2.05, 4.69) is 20.6 Å². The molecule has 3 rings (SSSR count). The minimum absolute atomic E-state index is 0.121. The number of hydrogen-bond donors (Lipinski definition) is 5. The van der Waals surface area contributed by atoms with Gasteiger partial charge in [0.1, 0.15) is 11.9 Å². The molecule has 0 radical (unpaired) electrons. The fourth-order valence-corrected chi connectivity index (χ4v) is 3.74. The second-order valence-electron chi connectivity index (χ2n) is 9.20. The predicted octanol–water partition coefficient (Wildman–Crippen LogP) is -0.0367. The van der Waals surface area contributed by atoms with Crippen LogP contribution in [0.1, 0.15) is 37.8 Å². The van der Waals surface area contributed by atoms with Crippen molar-refractivity contribution in [3.8, 4) is 0 Å². The molecular formula is C23H34BN5O5. The Bertz CT molecular complexity index is 884. The average molecular weight is 471 g/mol. The number of rotatable bonds is 11. The first-order valence-corrected chi connectivity index (χ1v) is 11.5. The molecule has 0 bridgehead atoms. The van der Waals surface area contributed by atoms with Gasteiger partial charge < -0.3 is 30.6 Å². The number of aromatic nitrogens is 2. The highest BCUT2D eigenvalue weighted by Crippen LogP contribution is 2.18. The molecule has 1 aromatic carbocycles. The van der Waals surface area contributed by atoms with Gasteiger partial charge in [-0.3, -0.25) is 20.1 Å². The Balaban J connectivity index is 1.74. The Kier molecular flexibility index (Phi) is 9.51. The van der Waals surface area contributed by atoms with Gasteiger partial charge in [0.2, 0.25) is 5.91 Å². The molecule has 3 atom stereocenters. The van der Waals surface area contributed by atoms with Crippen molar-refractivity contribution in [1.29, 1.82) is 0 Å². The lowest BCUT2D eigenvalue weighted by Gasteiger charge is -2.37. The molecule has 1 aromatic heterocycles. The summed E-state index contributed by atoms with van der Waals surface area (Å²) >= 11 is 0. The van der Waals surface area contributed by atoms with Crippen molar-refractivity contribution in [1.82, 2.24) is 20.6 Å². The minimum Gasteiger partial charge on any atom is -0.408 e. The van der Waals surface area contributed by atoms with Crippen LogP contribution >= 0.6 is 0 Å². The van der Waals surface area contributed by atoms with Crippen LogP contribution in [0.25, 0.3) is 0 Å². The van der Waals surface area contributed by atoms with Crippen molar-refractivity contribution >= 4 is 13.0 Å². The van der Waals surface area contributed by atoms with Crippen molar-refractivity contribution in [3.63, 3.8) is 0 Å². The Morgan fingerprint density at radius 1 is 1.24 bits per heavy atom. The van der Waals surface area contributed by atoms with E-state index in [0.29, 0.717) is 18.5 Å². The van der Waals surface area contributed by atoms with Gasteiger partial charge in [-0.1, -0.05) is 44.2 Å². The van der Waals surface area contributed by atoms with Gasteiger partial charge in [0.15, 0.2) is 0 Å². The first-order valence-electron chi connectivity index (χ1n) is 11.5. The standard InChI is InChI=1S/C23H34BN5O5/c1-16(2)10-20(24-33-14-23(25,13-30)15-34-24)29-21(31)18(11-17-6-4-3-5-7-17)28-22(32)19-12-26-8-9-27-19/h3-9,12,16,18,20,22,28,30,32H,10-11,13-15,25H2,1-2H3,(H,29,31). The fourth-order valence-electron chi connectivity index (χ4n) is 3.74. The van der Waals surface area contributed by atoms with E-state index in [4.69, 9.17) is 15.0 Å². The lowest BCUT2D eigenvalue weighted by molar-refractivity contribution is -0.124. The second-order valence-corrected chi connectivity index (χ2v) is 9.20. The second kappa shape index (κ2) is 12.3. The highest BCUT2D eigenvalue weighted by Gasteiger charge is 2.41. The summed E-state index contributed by atoms with van der Waals surface area (Å²) in [5.41, 5.74) is 6.32. The third kappa shape index (κ3) is 7.56. The van der Waals surface area contributed by atoms with Crippen molar-refractivity contribution in [2.45, 2.75) is 50.4 Å². The van der Waals surface area contributed by atoms with Crippen LogP contribution < -0.4 is 16.4 Å². The lowest BCUT2D eigenvalue weighted by atomic mass is 9.72. The summed E-state index contributed by atoms with van der Waals surface area (Å²) in [6, 6.07) is 8.78. The van der Waals surface area contributed by atoms with Crippen LogP contribution in [-0.2, 0) is 20.5 Å². The summed E-state index contributed by atoms with van der Waals surface area (Å²) in [5.74, 6) is -0.494. The van der Waals surface area contributed by atoms with E-state index in [9.17, 15) is 15.0 Å². The topological polar surface area (TPSA) is 152 Å². The van der Waals surface area contributed by atoms with E-state index in [1.807, 2.05) is 44.2 Å². The first kappa shape index (κ1) is 26.2. The molecule has 2 aromatic rings. The molecule has 1 amide bonds. The number of carbonyl (C=O) groups is 1. The van der Waals surface area contributed by atoms with E-state index in [0.717, 1.165) is 5.56 Å². The highest BCUT2D eigenvalue weighted by atomic mass is 16.6. The zero-order valence-electron chi connectivity index (χ0n) is 19.6. The Labute approximate surface area is 200 Å². The number of nitrogens with one attached hydrogen (secondary N) is 2. The summed E-state index contributed by atoms with van der Waals surface area (Å²) in [6.07, 6.45) is 4.21. The number of nitrogens with zero attached hydrogens (tertiary/aromatic N) is 2. The maximum Gasteiger partial charge on any atom is 0.481 e. The molecule has 0 aliphatic carbocycles. The van der Waals surface area contributed by atoms with Crippen LogP contribution in [0.15, 0.2) is 48.9 Å². The van der Waals surface area contributed by atoms with E-state index < -0.39 is 30.9 Å². The van der Waals surface area contributed by atoms with E-state index in [1.54, 1.807) is 0 Å². The van der Waals surface area contributed by atoms with Crippen molar-refractivity contribution in [2.24, 2.45) is 11.7 Å². The summed E-state index contributed by atoms with van der Waals surface area (Å²) < 4.78 is 11.6. The quantitative estimate of drug-likeness (QED) is 0.225. The molecule has 1 saturated heterocycles. The molecule has 184 valence electrons. The Hall–Kier alpha value is -2.41. The molecule has 10 nitrogen and oxygen atoms in total. The van der Waals surface area contributed by atoms with Crippen molar-refractivity contribution < 1.29 is 24.3 Å².